The van der Waals surface area contributed by atoms with E-state index >= 15 is 0 Å². The summed E-state index contributed by atoms with van der Waals surface area (Å²) in [4.78, 5) is 28.9. The second kappa shape index (κ2) is 24.8. The van der Waals surface area contributed by atoms with Crippen molar-refractivity contribution in [1.29, 1.82) is 0 Å². The average Bonchev–Trinajstić information content (AvgIpc) is 3.96. The topological polar surface area (TPSA) is 134 Å². The molecule has 320 valence electrons. The first-order valence-electron chi connectivity index (χ1n) is 20.2. The first-order valence-corrected chi connectivity index (χ1v) is 20.6. The van der Waals surface area contributed by atoms with Gasteiger partial charge in [0.1, 0.15) is 13.2 Å². The van der Waals surface area contributed by atoms with Gasteiger partial charge in [0.15, 0.2) is 23.0 Å². The predicted octanol–water partition coefficient (Wildman–Crippen LogP) is 7.59. The van der Waals surface area contributed by atoms with Gasteiger partial charge in [0.25, 0.3) is 11.1 Å². The number of amides is 1. The van der Waals surface area contributed by atoms with Crippen LogP contribution in [0.1, 0.15) is 71.4 Å². The molecule has 1 amide bonds. The van der Waals surface area contributed by atoms with Gasteiger partial charge in [0.2, 0.25) is 11.5 Å². The molecule has 59 heavy (non-hydrogen) atoms. The molecule has 2 aliphatic heterocycles. The predicted molar refractivity (Wildman–Crippen MR) is 233 cm³/mol. The number of methoxy groups -OCH3 is 4. The van der Waals surface area contributed by atoms with Crippen LogP contribution in [-0.4, -0.2) is 101 Å². The zero-order valence-electron chi connectivity index (χ0n) is 35.3. The maximum absolute atomic E-state index is 12.7. The summed E-state index contributed by atoms with van der Waals surface area (Å²) in [6, 6.07) is 27.1. The van der Waals surface area contributed by atoms with Crippen molar-refractivity contribution < 1.29 is 38.0 Å². The van der Waals surface area contributed by atoms with E-state index in [0.717, 1.165) is 37.2 Å². The van der Waals surface area contributed by atoms with E-state index in [0.29, 0.717) is 71.9 Å². The van der Waals surface area contributed by atoms with Crippen molar-refractivity contribution in [2.24, 2.45) is 5.73 Å². The number of carbonyl (C=O) groups is 2. The van der Waals surface area contributed by atoms with Crippen molar-refractivity contribution in [2.75, 3.05) is 67.7 Å². The number of hydrogen-bond acceptors (Lipinski definition) is 11. The molecule has 2 fully saturated rings. The zero-order chi connectivity index (χ0) is 42.6. The van der Waals surface area contributed by atoms with Gasteiger partial charge in [-0.2, -0.15) is 0 Å². The summed E-state index contributed by atoms with van der Waals surface area (Å²) in [5, 5.41) is 2.47. The Bertz CT molecular complexity index is 1820. The number of nitrogens with zero attached hydrogens (tertiary/aromatic N) is 2. The third-order valence-electron chi connectivity index (χ3n) is 10.4. The fourth-order valence-corrected chi connectivity index (χ4v) is 7.29. The number of hydrogen-bond donors (Lipinski definition) is 2. The minimum absolute atomic E-state index is 0.140. The molecule has 3 N–H and O–H groups in total. The molecule has 6 rings (SSSR count). The van der Waals surface area contributed by atoms with Crippen LogP contribution >= 0.6 is 11.6 Å². The fraction of sp³-hybridized carbons (Fsp3) is 0.435. The standard InChI is InChI=1S/C23H30N2O4.C16H15ClO4.C7H16N2/c1-4-25-12-8-11-19(25)15-24-23(26)18-13-20(27-2)22(21(14-18)28-3)29-16-17-9-6-5-7-10-17;1-19-13-8-12(16(17)18)9-14(20-2)15(13)21-10-11-6-4-3-5-7-11;1-2-9-5-3-4-7(9)6-8/h5-7,9-10,13-14,19H,4,8,11-12,15-16H2,1-3H3,(H,24,26);3-9H,10H2,1-2H3;7H,2-6,8H2,1H3/t19-;;7-/m0.0/s1. The Morgan fingerprint density at radius 3 is 1.44 bits per heavy atom. The largest absolute Gasteiger partial charge is 0.493 e. The Hall–Kier alpha value is -5.01. The van der Waals surface area contributed by atoms with Gasteiger partial charge in [0, 0.05) is 36.3 Å². The highest BCUT2D eigenvalue weighted by molar-refractivity contribution is 6.67. The van der Waals surface area contributed by atoms with Gasteiger partial charge in [-0.1, -0.05) is 74.5 Å². The molecule has 0 aromatic heterocycles. The van der Waals surface area contributed by atoms with Crippen molar-refractivity contribution in [3.8, 4) is 34.5 Å². The molecule has 12 nitrogen and oxygen atoms in total. The van der Waals surface area contributed by atoms with E-state index in [2.05, 4.69) is 29.0 Å². The SMILES string of the molecule is CCN1CCC[C@H]1CN.CCN1CCC[C@H]1CNC(=O)c1cc(OC)c(OCc2ccccc2)c(OC)c1.COc1cc(C(=O)Cl)cc(OC)c1OCc1ccccc1. The number of likely N-dealkylation sites (N-methyl/N-ethyl adjacent to an activating group) is 2. The summed E-state index contributed by atoms with van der Waals surface area (Å²) in [6.07, 6.45) is 4.95. The molecule has 0 bridgehead atoms. The van der Waals surface area contributed by atoms with E-state index in [-0.39, 0.29) is 11.5 Å². The number of carbonyl (C=O) groups excluding carboxylic acids is 2. The minimum atomic E-state index is -0.582. The first-order chi connectivity index (χ1) is 28.7. The van der Waals surface area contributed by atoms with Crippen molar-refractivity contribution in [3.63, 3.8) is 0 Å². The van der Waals surface area contributed by atoms with Crippen LogP contribution in [0.2, 0.25) is 0 Å². The minimum Gasteiger partial charge on any atom is -0.493 e. The van der Waals surface area contributed by atoms with Gasteiger partial charge < -0.3 is 39.5 Å². The van der Waals surface area contributed by atoms with E-state index < -0.39 is 5.24 Å². The van der Waals surface area contributed by atoms with Crippen LogP contribution in [0.5, 0.6) is 34.5 Å². The fourth-order valence-electron chi connectivity index (χ4n) is 7.18. The summed E-state index contributed by atoms with van der Waals surface area (Å²) in [6.45, 7) is 11.1. The zero-order valence-corrected chi connectivity index (χ0v) is 36.1. The average molecular weight is 833 g/mol. The van der Waals surface area contributed by atoms with Gasteiger partial charge in [-0.25, -0.2) is 0 Å². The molecule has 2 heterocycles. The Balaban J connectivity index is 0.000000222. The lowest BCUT2D eigenvalue weighted by atomic mass is 10.1. The van der Waals surface area contributed by atoms with Crippen LogP contribution in [0, 0.1) is 0 Å². The molecule has 2 atom stereocenters. The van der Waals surface area contributed by atoms with Crippen LogP contribution in [0.4, 0.5) is 0 Å². The van der Waals surface area contributed by atoms with Gasteiger partial charge in [-0.15, -0.1) is 0 Å². The summed E-state index contributed by atoms with van der Waals surface area (Å²) < 4.78 is 33.2. The quantitative estimate of drug-likeness (QED) is 0.102. The van der Waals surface area contributed by atoms with Gasteiger partial charge in [0.05, 0.1) is 28.4 Å². The lowest BCUT2D eigenvalue weighted by Crippen LogP contribution is -2.40. The Morgan fingerprint density at radius 1 is 0.661 bits per heavy atom. The summed E-state index contributed by atoms with van der Waals surface area (Å²) in [5.74, 6) is 2.53. The molecule has 2 saturated heterocycles. The second-order valence-electron chi connectivity index (χ2n) is 14.0. The van der Waals surface area contributed by atoms with Gasteiger partial charge in [-0.3, -0.25) is 19.4 Å². The van der Waals surface area contributed by atoms with Crippen LogP contribution in [0.3, 0.4) is 0 Å². The van der Waals surface area contributed by atoms with E-state index in [1.165, 1.54) is 58.7 Å². The van der Waals surface area contributed by atoms with Gasteiger partial charge in [-0.05, 0) is 98.9 Å². The van der Waals surface area contributed by atoms with Crippen LogP contribution in [-0.2, 0) is 13.2 Å². The van der Waals surface area contributed by atoms with Crippen LogP contribution in [0.15, 0.2) is 84.9 Å². The maximum atomic E-state index is 12.7. The normalized spacial score (nSPS) is 16.1. The van der Waals surface area contributed by atoms with Crippen molar-refractivity contribution in [1.82, 2.24) is 15.1 Å². The maximum Gasteiger partial charge on any atom is 0.252 e. The highest BCUT2D eigenvalue weighted by atomic mass is 35.5. The Labute approximate surface area is 354 Å². The smallest absolute Gasteiger partial charge is 0.252 e. The van der Waals surface area contributed by atoms with Crippen molar-refractivity contribution >= 4 is 22.8 Å². The number of ether oxygens (including phenoxy) is 6. The number of likely N-dealkylation sites (tertiary alicyclic amines) is 2. The lowest BCUT2D eigenvalue weighted by Gasteiger charge is -2.23. The van der Waals surface area contributed by atoms with Crippen molar-refractivity contribution in [3.05, 3.63) is 107 Å². The summed E-state index contributed by atoms with van der Waals surface area (Å²) in [5.41, 5.74) is 8.39. The Morgan fingerprint density at radius 2 is 1.07 bits per heavy atom. The number of benzene rings is 4. The monoisotopic (exact) mass is 832 g/mol. The van der Waals surface area contributed by atoms with E-state index in [9.17, 15) is 9.59 Å². The molecule has 2 aliphatic rings. The number of nitrogens with one attached hydrogen (secondary N) is 1. The molecular weight excluding hydrogens is 772 g/mol. The van der Waals surface area contributed by atoms with Crippen LogP contribution in [0.25, 0.3) is 0 Å². The summed E-state index contributed by atoms with van der Waals surface area (Å²) in [7, 11) is 6.10. The molecule has 4 aromatic rings. The van der Waals surface area contributed by atoms with E-state index in [1.807, 2.05) is 60.7 Å². The molecule has 0 saturated carbocycles. The van der Waals surface area contributed by atoms with E-state index in [1.54, 1.807) is 26.4 Å². The lowest BCUT2D eigenvalue weighted by molar-refractivity contribution is 0.0940. The van der Waals surface area contributed by atoms with Crippen LogP contribution < -0.4 is 39.5 Å². The summed E-state index contributed by atoms with van der Waals surface area (Å²) >= 11 is 5.50. The first kappa shape index (κ1) is 46.7. The molecule has 0 aliphatic carbocycles. The number of rotatable bonds is 17. The Kier molecular flexibility index (Phi) is 19.6. The number of nitrogens with two attached hydrogens (primary N) is 1. The third kappa shape index (κ3) is 13.8. The van der Waals surface area contributed by atoms with E-state index in [4.69, 9.17) is 45.8 Å². The molecule has 0 spiro atoms. The molecule has 0 radical (unpaired) electrons. The molecule has 13 heteroatoms. The molecule has 0 unspecified atom stereocenters. The highest BCUT2D eigenvalue weighted by Crippen LogP contribution is 2.40. The highest BCUT2D eigenvalue weighted by Gasteiger charge is 2.25. The van der Waals surface area contributed by atoms with Gasteiger partial charge >= 0.3 is 0 Å². The number of halogens is 1. The van der Waals surface area contributed by atoms with Crippen molar-refractivity contribution in [2.45, 2.75) is 64.8 Å². The molecule has 4 aromatic carbocycles. The third-order valence-corrected chi connectivity index (χ3v) is 10.7. The second-order valence-corrected chi connectivity index (χ2v) is 14.4. The molecular formula is C46H61ClN4O8.